The van der Waals surface area contributed by atoms with E-state index in [2.05, 4.69) is 15.5 Å². The summed E-state index contributed by atoms with van der Waals surface area (Å²) in [4.78, 5) is 10.9. The van der Waals surface area contributed by atoms with E-state index in [1.165, 1.54) is 0 Å². The molecule has 0 bridgehead atoms. The first kappa shape index (κ1) is 14.5. The van der Waals surface area contributed by atoms with Gasteiger partial charge in [0.25, 0.3) is 0 Å². The second-order valence-corrected chi connectivity index (χ2v) is 4.93. The van der Waals surface area contributed by atoms with Crippen molar-refractivity contribution in [2.45, 2.75) is 32.7 Å². The molecule has 1 heterocycles. The van der Waals surface area contributed by atoms with E-state index in [0.717, 1.165) is 11.1 Å². The number of aromatic nitrogens is 4. The molecule has 1 N–H and O–H groups in total. The summed E-state index contributed by atoms with van der Waals surface area (Å²) >= 11 is 6.11. The van der Waals surface area contributed by atoms with E-state index >= 15 is 0 Å². The topological polar surface area (TPSA) is 80.9 Å². The fraction of sp³-hybridized carbons (Fsp3) is 0.385. The van der Waals surface area contributed by atoms with E-state index in [-0.39, 0.29) is 12.5 Å². The molecule has 1 unspecified atom stereocenters. The Kier molecular flexibility index (Phi) is 4.34. The smallest absolute Gasteiger partial charge is 0.305 e. The molecular formula is C13H15ClN4O2. The van der Waals surface area contributed by atoms with E-state index in [0.29, 0.717) is 17.3 Å². The van der Waals surface area contributed by atoms with Crippen LogP contribution in [0.2, 0.25) is 5.02 Å². The van der Waals surface area contributed by atoms with Crippen molar-refractivity contribution in [3.8, 4) is 11.4 Å². The number of carbonyl (C=O) groups is 1. The molecule has 0 aliphatic carbocycles. The van der Waals surface area contributed by atoms with Gasteiger partial charge in [0.1, 0.15) is 0 Å². The first-order valence-corrected chi connectivity index (χ1v) is 6.67. The van der Waals surface area contributed by atoms with Crippen LogP contribution in [0.1, 0.15) is 31.4 Å². The highest BCUT2D eigenvalue weighted by Crippen LogP contribution is 2.29. The van der Waals surface area contributed by atoms with Crippen LogP contribution in [-0.4, -0.2) is 31.3 Å². The van der Waals surface area contributed by atoms with E-state index in [1.807, 2.05) is 26.0 Å². The average molecular weight is 295 g/mol. The van der Waals surface area contributed by atoms with Gasteiger partial charge in [-0.15, -0.1) is 5.10 Å². The van der Waals surface area contributed by atoms with E-state index in [1.54, 1.807) is 10.7 Å². The average Bonchev–Trinajstić information content (AvgIpc) is 2.88. The van der Waals surface area contributed by atoms with Crippen molar-refractivity contribution >= 4 is 17.6 Å². The van der Waals surface area contributed by atoms with E-state index in [4.69, 9.17) is 16.7 Å². The van der Waals surface area contributed by atoms with Gasteiger partial charge >= 0.3 is 5.97 Å². The third-order valence-electron chi connectivity index (χ3n) is 3.23. The Hall–Kier alpha value is -1.95. The number of benzene rings is 1. The zero-order valence-corrected chi connectivity index (χ0v) is 12.0. The van der Waals surface area contributed by atoms with Gasteiger partial charge in [0, 0.05) is 10.6 Å². The van der Waals surface area contributed by atoms with Crippen molar-refractivity contribution in [1.29, 1.82) is 0 Å². The van der Waals surface area contributed by atoms with Gasteiger partial charge in [-0.05, 0) is 35.4 Å². The van der Waals surface area contributed by atoms with E-state index < -0.39 is 5.97 Å². The molecule has 2 rings (SSSR count). The second-order valence-electron chi connectivity index (χ2n) is 4.52. The minimum atomic E-state index is -0.874. The summed E-state index contributed by atoms with van der Waals surface area (Å²) in [5.41, 5.74) is 1.68. The maximum Gasteiger partial charge on any atom is 0.305 e. The lowest BCUT2D eigenvalue weighted by Gasteiger charge is -2.15. The molecule has 0 aliphatic rings. The zero-order valence-electron chi connectivity index (χ0n) is 11.2. The molecule has 20 heavy (non-hydrogen) atoms. The summed E-state index contributed by atoms with van der Waals surface area (Å²) in [6, 6.07) is 5.21. The molecule has 0 spiro atoms. The minimum Gasteiger partial charge on any atom is -0.481 e. The third-order valence-corrected chi connectivity index (χ3v) is 3.64. The van der Waals surface area contributed by atoms with Gasteiger partial charge < -0.3 is 5.11 Å². The highest BCUT2D eigenvalue weighted by atomic mass is 35.5. The number of halogens is 1. The van der Waals surface area contributed by atoms with Crippen LogP contribution in [0.3, 0.4) is 0 Å². The fourth-order valence-corrected chi connectivity index (χ4v) is 2.25. The Balaban J connectivity index is 2.47. The molecule has 1 atom stereocenters. The molecular weight excluding hydrogens is 280 g/mol. The van der Waals surface area contributed by atoms with Crippen molar-refractivity contribution in [3.63, 3.8) is 0 Å². The van der Waals surface area contributed by atoms with Gasteiger partial charge in [0.2, 0.25) is 0 Å². The lowest BCUT2D eigenvalue weighted by atomic mass is 10.1. The van der Waals surface area contributed by atoms with Gasteiger partial charge in [-0.2, -0.15) is 0 Å². The monoisotopic (exact) mass is 294 g/mol. The number of hydrogen-bond acceptors (Lipinski definition) is 4. The number of tetrazole rings is 1. The standard InChI is InChI=1S/C13H15ClN4O2/c1-3-9(7-12(19)20)18-13(15-16-17-18)10-5-4-6-11(14)8(10)2/h4-6,9H,3,7H2,1-2H3,(H,19,20). The van der Waals surface area contributed by atoms with Crippen molar-refractivity contribution in [2.75, 3.05) is 0 Å². The van der Waals surface area contributed by atoms with Crippen LogP contribution in [0.5, 0.6) is 0 Å². The zero-order chi connectivity index (χ0) is 14.7. The van der Waals surface area contributed by atoms with Crippen molar-refractivity contribution in [3.05, 3.63) is 28.8 Å². The summed E-state index contributed by atoms with van der Waals surface area (Å²) in [7, 11) is 0. The number of rotatable bonds is 5. The Morgan fingerprint density at radius 1 is 1.50 bits per heavy atom. The van der Waals surface area contributed by atoms with Crippen LogP contribution in [0.25, 0.3) is 11.4 Å². The number of nitrogens with zero attached hydrogens (tertiary/aromatic N) is 4. The third kappa shape index (κ3) is 2.80. The largest absolute Gasteiger partial charge is 0.481 e. The predicted molar refractivity (Wildman–Crippen MR) is 74.6 cm³/mol. The van der Waals surface area contributed by atoms with Crippen LogP contribution in [0.4, 0.5) is 0 Å². The first-order chi connectivity index (χ1) is 9.54. The Morgan fingerprint density at radius 2 is 2.25 bits per heavy atom. The lowest BCUT2D eigenvalue weighted by molar-refractivity contribution is -0.138. The number of carboxylic acid groups (broad SMARTS) is 1. The molecule has 0 fully saturated rings. The Morgan fingerprint density at radius 3 is 2.90 bits per heavy atom. The summed E-state index contributed by atoms with van der Waals surface area (Å²) in [5.74, 6) is -0.334. The van der Waals surface area contributed by atoms with Gasteiger partial charge in [0.05, 0.1) is 12.5 Å². The van der Waals surface area contributed by atoms with Crippen molar-refractivity contribution < 1.29 is 9.90 Å². The number of aliphatic carboxylic acids is 1. The van der Waals surface area contributed by atoms with Crippen molar-refractivity contribution in [2.24, 2.45) is 0 Å². The maximum atomic E-state index is 10.9. The summed E-state index contributed by atoms with van der Waals surface area (Å²) in [6.45, 7) is 3.79. The molecule has 6 nitrogen and oxygen atoms in total. The quantitative estimate of drug-likeness (QED) is 0.917. The normalized spacial score (nSPS) is 12.3. The molecule has 2 aromatic rings. The van der Waals surface area contributed by atoms with Gasteiger partial charge in [0.15, 0.2) is 5.82 Å². The predicted octanol–water partition coefficient (Wildman–Crippen LogP) is 2.73. The molecule has 1 aromatic carbocycles. The molecule has 0 saturated heterocycles. The first-order valence-electron chi connectivity index (χ1n) is 6.29. The highest BCUT2D eigenvalue weighted by Gasteiger charge is 2.21. The lowest BCUT2D eigenvalue weighted by Crippen LogP contribution is -2.16. The number of hydrogen-bond donors (Lipinski definition) is 1. The molecule has 0 saturated carbocycles. The van der Waals surface area contributed by atoms with Crippen LogP contribution in [0.15, 0.2) is 18.2 Å². The summed E-state index contributed by atoms with van der Waals surface area (Å²) in [6.07, 6.45) is 0.609. The Bertz CT molecular complexity index is 627. The molecule has 7 heteroatoms. The maximum absolute atomic E-state index is 10.9. The summed E-state index contributed by atoms with van der Waals surface area (Å²) < 4.78 is 1.56. The van der Waals surface area contributed by atoms with Gasteiger partial charge in [-0.3, -0.25) is 4.79 Å². The van der Waals surface area contributed by atoms with Crippen LogP contribution < -0.4 is 0 Å². The molecule has 0 radical (unpaired) electrons. The fourth-order valence-electron chi connectivity index (χ4n) is 2.07. The molecule has 106 valence electrons. The van der Waals surface area contributed by atoms with Gasteiger partial charge in [-0.1, -0.05) is 30.7 Å². The molecule has 1 aromatic heterocycles. The highest BCUT2D eigenvalue weighted by molar-refractivity contribution is 6.31. The summed E-state index contributed by atoms with van der Waals surface area (Å²) in [5, 5.41) is 21.2. The number of carboxylic acids is 1. The SMILES string of the molecule is CCC(CC(=O)O)n1nnnc1-c1cccc(Cl)c1C. The molecule has 0 aliphatic heterocycles. The minimum absolute atomic E-state index is 0.0197. The van der Waals surface area contributed by atoms with Gasteiger partial charge in [-0.25, -0.2) is 4.68 Å². The van der Waals surface area contributed by atoms with Crippen LogP contribution >= 0.6 is 11.6 Å². The van der Waals surface area contributed by atoms with E-state index in [9.17, 15) is 4.79 Å². The van der Waals surface area contributed by atoms with Crippen molar-refractivity contribution in [1.82, 2.24) is 20.2 Å². The Labute approximate surface area is 121 Å². The molecule has 0 amide bonds. The van der Waals surface area contributed by atoms with Crippen LogP contribution in [0, 0.1) is 6.92 Å². The van der Waals surface area contributed by atoms with Crippen LogP contribution in [-0.2, 0) is 4.79 Å². The second kappa shape index (κ2) is 6.00.